The zero-order valence-electron chi connectivity index (χ0n) is 17.6. The number of nitrogens with zero attached hydrogens (tertiary/aromatic N) is 4. The van der Waals surface area contributed by atoms with E-state index in [-0.39, 0.29) is 23.1 Å². The van der Waals surface area contributed by atoms with Gasteiger partial charge in [-0.2, -0.15) is 13.2 Å². The number of aromatic nitrogens is 3. The van der Waals surface area contributed by atoms with Crippen molar-refractivity contribution < 1.29 is 27.9 Å². The molecule has 2 aliphatic rings. The van der Waals surface area contributed by atoms with Gasteiger partial charge in [-0.05, 0) is 48.2 Å². The van der Waals surface area contributed by atoms with Crippen molar-refractivity contribution in [2.24, 2.45) is 7.05 Å². The van der Waals surface area contributed by atoms with E-state index in [0.717, 1.165) is 36.7 Å². The molecule has 3 aromatic rings. The van der Waals surface area contributed by atoms with Crippen LogP contribution in [0.3, 0.4) is 0 Å². The fraction of sp³-hybridized carbons (Fsp3) is 0.304. The number of carbonyl (C=O) groups is 2. The molecule has 5 rings (SSSR count). The number of fused-ring (bicyclic) bond motifs is 1. The second-order valence-corrected chi connectivity index (χ2v) is 8.50. The molecule has 33 heavy (non-hydrogen) atoms. The Balaban J connectivity index is 1.57. The van der Waals surface area contributed by atoms with E-state index in [2.05, 4.69) is 10.2 Å². The number of anilines is 1. The Morgan fingerprint density at radius 3 is 2.52 bits per heavy atom. The van der Waals surface area contributed by atoms with Gasteiger partial charge in [0, 0.05) is 18.3 Å². The molecule has 170 valence electrons. The van der Waals surface area contributed by atoms with Gasteiger partial charge in [0.25, 0.3) is 5.91 Å². The molecule has 0 unspecified atom stereocenters. The van der Waals surface area contributed by atoms with Crippen molar-refractivity contribution in [3.63, 3.8) is 0 Å². The number of hydrogen-bond donors (Lipinski definition) is 1. The van der Waals surface area contributed by atoms with E-state index >= 15 is 0 Å². The molecule has 1 fully saturated rings. The van der Waals surface area contributed by atoms with Crippen LogP contribution < -0.4 is 4.90 Å². The lowest BCUT2D eigenvalue weighted by molar-refractivity contribution is -0.138. The van der Waals surface area contributed by atoms with Gasteiger partial charge in [-0.25, -0.2) is 4.79 Å². The van der Waals surface area contributed by atoms with Crippen LogP contribution in [0.25, 0.3) is 0 Å². The highest BCUT2D eigenvalue weighted by atomic mass is 19.4. The van der Waals surface area contributed by atoms with E-state index in [9.17, 15) is 27.9 Å². The smallest absolute Gasteiger partial charge is 0.416 e. The van der Waals surface area contributed by atoms with Crippen LogP contribution in [0.5, 0.6) is 0 Å². The second-order valence-electron chi connectivity index (χ2n) is 8.50. The van der Waals surface area contributed by atoms with Crippen molar-refractivity contribution in [3.8, 4) is 0 Å². The molecule has 7 nitrogen and oxygen atoms in total. The van der Waals surface area contributed by atoms with E-state index in [1.165, 1.54) is 4.90 Å². The molecule has 1 aliphatic carbocycles. The molecule has 1 aromatic heterocycles. The van der Waals surface area contributed by atoms with Crippen molar-refractivity contribution in [2.45, 2.75) is 37.4 Å². The first-order valence-electron chi connectivity index (χ1n) is 10.4. The first kappa shape index (κ1) is 21.2. The number of carboxylic acid groups (broad SMARTS) is 1. The molecular formula is C23H19F3N4O3. The summed E-state index contributed by atoms with van der Waals surface area (Å²) in [5.41, 5.74) is -1.13. The third kappa shape index (κ3) is 3.20. The van der Waals surface area contributed by atoms with E-state index in [4.69, 9.17) is 0 Å². The maximum atomic E-state index is 13.7. The fourth-order valence-electron chi connectivity index (χ4n) is 4.85. The number of halogens is 3. The van der Waals surface area contributed by atoms with E-state index in [0.29, 0.717) is 11.8 Å². The maximum absolute atomic E-state index is 13.7. The fourth-order valence-corrected chi connectivity index (χ4v) is 4.85. The van der Waals surface area contributed by atoms with Crippen molar-refractivity contribution >= 4 is 17.6 Å². The number of benzene rings is 2. The number of amides is 1. The summed E-state index contributed by atoms with van der Waals surface area (Å²) in [6.45, 7) is -0.288. The van der Waals surface area contributed by atoms with Crippen molar-refractivity contribution in [3.05, 3.63) is 76.4 Å². The van der Waals surface area contributed by atoms with Gasteiger partial charge in [0.2, 0.25) is 0 Å². The molecule has 0 spiro atoms. The van der Waals surface area contributed by atoms with Crippen LogP contribution in [0.15, 0.2) is 42.7 Å². The highest BCUT2D eigenvalue weighted by Gasteiger charge is 2.45. The van der Waals surface area contributed by atoms with Crippen LogP contribution in [-0.4, -0.2) is 31.7 Å². The Morgan fingerprint density at radius 1 is 1.18 bits per heavy atom. The summed E-state index contributed by atoms with van der Waals surface area (Å²) >= 11 is 0. The molecule has 1 aliphatic heterocycles. The summed E-state index contributed by atoms with van der Waals surface area (Å²) in [5, 5.41) is 17.5. The molecule has 2 heterocycles. The summed E-state index contributed by atoms with van der Waals surface area (Å²) in [4.78, 5) is 25.7. The topological polar surface area (TPSA) is 88.3 Å². The summed E-state index contributed by atoms with van der Waals surface area (Å²) in [6, 6.07) is 8.78. The summed E-state index contributed by atoms with van der Waals surface area (Å²) in [6.07, 6.45) is -0.472. The third-order valence-corrected chi connectivity index (χ3v) is 6.65. The highest BCUT2D eigenvalue weighted by molar-refractivity contribution is 6.11. The van der Waals surface area contributed by atoms with Gasteiger partial charge in [0.1, 0.15) is 12.2 Å². The van der Waals surface area contributed by atoms with Gasteiger partial charge >= 0.3 is 12.1 Å². The Morgan fingerprint density at radius 2 is 1.94 bits per heavy atom. The number of alkyl halides is 3. The molecule has 1 saturated carbocycles. The Bertz CT molecular complexity index is 1290. The number of hydrogen-bond acceptors (Lipinski definition) is 4. The average Bonchev–Trinajstić information content (AvgIpc) is 3.30. The first-order chi connectivity index (χ1) is 15.6. The molecular weight excluding hydrogens is 437 g/mol. The van der Waals surface area contributed by atoms with Crippen LogP contribution in [0.1, 0.15) is 62.5 Å². The largest absolute Gasteiger partial charge is 0.478 e. The van der Waals surface area contributed by atoms with E-state index in [1.54, 1.807) is 18.5 Å². The lowest BCUT2D eigenvalue weighted by Crippen LogP contribution is -2.38. The normalized spacial score (nSPS) is 17.1. The van der Waals surface area contributed by atoms with Gasteiger partial charge in [0.15, 0.2) is 0 Å². The molecule has 0 saturated heterocycles. The van der Waals surface area contributed by atoms with Crippen LogP contribution >= 0.6 is 0 Å². The summed E-state index contributed by atoms with van der Waals surface area (Å²) < 4.78 is 42.9. The number of aryl methyl sites for hydroxylation is 1. The van der Waals surface area contributed by atoms with Crippen molar-refractivity contribution in [1.29, 1.82) is 0 Å². The van der Waals surface area contributed by atoms with Gasteiger partial charge in [0.05, 0.1) is 23.1 Å². The molecule has 0 radical (unpaired) electrons. The predicted octanol–water partition coefficient (Wildman–Crippen LogP) is 4.16. The van der Waals surface area contributed by atoms with Gasteiger partial charge in [-0.1, -0.05) is 18.6 Å². The molecule has 0 atom stereocenters. The minimum atomic E-state index is -4.78. The molecule has 10 heteroatoms. The lowest BCUT2D eigenvalue weighted by Gasteiger charge is -2.41. The molecule has 0 bridgehead atoms. The van der Waals surface area contributed by atoms with Crippen molar-refractivity contribution in [1.82, 2.24) is 14.8 Å². The third-order valence-electron chi connectivity index (χ3n) is 6.65. The van der Waals surface area contributed by atoms with Crippen molar-refractivity contribution in [2.75, 3.05) is 4.90 Å². The summed E-state index contributed by atoms with van der Waals surface area (Å²) in [5.74, 6) is -1.38. The molecule has 2 aromatic carbocycles. The predicted molar refractivity (Wildman–Crippen MR) is 111 cm³/mol. The Hall–Kier alpha value is -3.69. The number of rotatable bonds is 4. The zero-order chi connectivity index (χ0) is 23.5. The molecule has 1 amide bonds. The quantitative estimate of drug-likeness (QED) is 0.637. The zero-order valence-corrected chi connectivity index (χ0v) is 17.6. The molecule has 1 N–H and O–H groups in total. The second kappa shape index (κ2) is 7.16. The van der Waals surface area contributed by atoms with Crippen LogP contribution in [-0.2, 0) is 25.2 Å². The first-order valence-corrected chi connectivity index (χ1v) is 10.4. The van der Waals surface area contributed by atoms with Gasteiger partial charge < -0.3 is 14.6 Å². The van der Waals surface area contributed by atoms with Crippen LogP contribution in [0.4, 0.5) is 18.9 Å². The Kier molecular flexibility index (Phi) is 4.59. The minimum Gasteiger partial charge on any atom is -0.478 e. The minimum absolute atomic E-state index is 0.213. The lowest BCUT2D eigenvalue weighted by atomic mass is 9.63. The number of carboxylic acids is 1. The van der Waals surface area contributed by atoms with Crippen LogP contribution in [0, 0.1) is 0 Å². The monoisotopic (exact) mass is 456 g/mol. The maximum Gasteiger partial charge on any atom is 0.416 e. The highest BCUT2D eigenvalue weighted by Crippen LogP contribution is 2.49. The average molecular weight is 456 g/mol. The van der Waals surface area contributed by atoms with Gasteiger partial charge in [-0.15, -0.1) is 10.2 Å². The number of carbonyl (C=O) groups excluding carboxylic acids is 1. The van der Waals surface area contributed by atoms with Crippen LogP contribution in [0.2, 0.25) is 0 Å². The number of aromatic carboxylic acids is 1. The SMILES string of the molecule is Cn1cnnc1C1(c2cccc(N3Cc4c(cc(C(=O)O)cc4C(F)(F)F)C3=O)c2)CCC1. The Labute approximate surface area is 186 Å². The van der Waals surface area contributed by atoms with E-state index < -0.39 is 29.2 Å². The van der Waals surface area contributed by atoms with Gasteiger partial charge in [-0.3, -0.25) is 4.79 Å². The van der Waals surface area contributed by atoms with E-state index in [1.807, 2.05) is 23.7 Å². The summed E-state index contributed by atoms with van der Waals surface area (Å²) in [7, 11) is 1.86. The standard InChI is InChI=1S/C23H19F3N4O3/c1-29-12-27-28-21(29)22(6-3-7-22)14-4-2-5-15(10-14)30-11-17-16(19(30)31)8-13(20(32)33)9-18(17)23(24,25)26/h2,4-5,8-10,12H,3,6-7,11H2,1H3,(H,32,33).